The molecule has 2 rings (SSSR count). The van der Waals surface area contributed by atoms with Crippen molar-refractivity contribution >= 4 is 0 Å². The fraction of sp³-hybridized carbons (Fsp3) is 0.308. The van der Waals surface area contributed by atoms with Crippen molar-refractivity contribution in [3.8, 4) is 5.75 Å². The highest BCUT2D eigenvalue weighted by atomic mass is 16.5. The first kappa shape index (κ1) is 11.7. The molecule has 0 radical (unpaired) electrons. The fourth-order valence-corrected chi connectivity index (χ4v) is 1.70. The number of rotatable bonds is 4. The summed E-state index contributed by atoms with van der Waals surface area (Å²) in [7, 11) is 1.86. The summed E-state index contributed by atoms with van der Waals surface area (Å²) < 4.78 is 7.16. The molecule has 0 unspecified atom stereocenters. The maximum absolute atomic E-state index is 10.2. The van der Waals surface area contributed by atoms with Crippen molar-refractivity contribution in [2.24, 2.45) is 7.05 Å². The molecule has 0 spiro atoms. The summed E-state index contributed by atoms with van der Waals surface area (Å²) in [5.41, 5.74) is 0.808. The van der Waals surface area contributed by atoms with Crippen LogP contribution < -0.4 is 4.74 Å². The van der Waals surface area contributed by atoms with Crippen LogP contribution in [0.1, 0.15) is 24.4 Å². The van der Waals surface area contributed by atoms with E-state index in [4.69, 9.17) is 4.74 Å². The summed E-state index contributed by atoms with van der Waals surface area (Å²) in [4.78, 5) is 4.13. The molecule has 0 fully saturated rings. The number of nitrogens with zero attached hydrogens (tertiary/aromatic N) is 2. The molecular formula is C13H16N2O2. The van der Waals surface area contributed by atoms with Gasteiger partial charge < -0.3 is 14.4 Å². The summed E-state index contributed by atoms with van der Waals surface area (Å²) in [6, 6.07) is 7.41. The monoisotopic (exact) mass is 232 g/mol. The summed E-state index contributed by atoms with van der Waals surface area (Å²) in [6.45, 7) is 2.58. The quantitative estimate of drug-likeness (QED) is 0.875. The molecule has 1 aromatic carbocycles. The van der Waals surface area contributed by atoms with Crippen LogP contribution in [0.4, 0.5) is 0 Å². The third kappa shape index (κ3) is 2.47. The Morgan fingerprint density at radius 2 is 2.06 bits per heavy atom. The van der Waals surface area contributed by atoms with Crippen LogP contribution in [-0.4, -0.2) is 21.3 Å². The van der Waals surface area contributed by atoms with E-state index < -0.39 is 6.10 Å². The number of aliphatic hydroxyl groups is 1. The Morgan fingerprint density at radius 3 is 2.59 bits per heavy atom. The topological polar surface area (TPSA) is 47.3 Å². The van der Waals surface area contributed by atoms with Crippen molar-refractivity contribution < 1.29 is 9.84 Å². The Labute approximate surface area is 100 Å². The highest BCUT2D eigenvalue weighted by Crippen LogP contribution is 2.22. The van der Waals surface area contributed by atoms with Crippen molar-refractivity contribution in [3.63, 3.8) is 0 Å². The van der Waals surface area contributed by atoms with Crippen molar-refractivity contribution in [1.82, 2.24) is 9.55 Å². The van der Waals surface area contributed by atoms with Gasteiger partial charge in [-0.05, 0) is 24.6 Å². The number of aryl methyl sites for hydroxylation is 1. The molecule has 0 aliphatic rings. The van der Waals surface area contributed by atoms with Crippen molar-refractivity contribution in [2.75, 3.05) is 6.61 Å². The molecule has 2 aromatic rings. The van der Waals surface area contributed by atoms with Gasteiger partial charge in [0.1, 0.15) is 17.7 Å². The number of aromatic nitrogens is 2. The predicted octanol–water partition coefficient (Wildman–Crippen LogP) is 1.90. The first-order chi connectivity index (χ1) is 8.22. The van der Waals surface area contributed by atoms with Gasteiger partial charge in [-0.15, -0.1) is 0 Å². The van der Waals surface area contributed by atoms with Gasteiger partial charge in [-0.25, -0.2) is 4.98 Å². The second-order valence-electron chi connectivity index (χ2n) is 3.80. The van der Waals surface area contributed by atoms with Gasteiger partial charge in [-0.1, -0.05) is 12.1 Å². The normalized spacial score (nSPS) is 12.4. The predicted molar refractivity (Wildman–Crippen MR) is 64.9 cm³/mol. The Balaban J connectivity index is 2.20. The van der Waals surface area contributed by atoms with Gasteiger partial charge in [0.2, 0.25) is 0 Å². The Kier molecular flexibility index (Phi) is 3.44. The van der Waals surface area contributed by atoms with Crippen LogP contribution in [0.25, 0.3) is 0 Å². The van der Waals surface area contributed by atoms with Gasteiger partial charge in [0.25, 0.3) is 0 Å². The van der Waals surface area contributed by atoms with E-state index in [2.05, 4.69) is 4.98 Å². The molecule has 0 aliphatic heterocycles. The lowest BCUT2D eigenvalue weighted by molar-refractivity contribution is 0.206. The molecule has 0 saturated heterocycles. The molecule has 17 heavy (non-hydrogen) atoms. The zero-order valence-electron chi connectivity index (χ0n) is 10.00. The van der Waals surface area contributed by atoms with Gasteiger partial charge in [0, 0.05) is 19.4 Å². The third-order valence-corrected chi connectivity index (χ3v) is 2.61. The van der Waals surface area contributed by atoms with Crippen LogP contribution in [0.5, 0.6) is 5.75 Å². The molecule has 1 heterocycles. The maximum atomic E-state index is 10.2. The standard InChI is InChI=1S/C13H16N2O2/c1-3-17-11-6-4-10(5-7-11)12(16)13-14-8-9-15(13)2/h4-9,12,16H,3H2,1-2H3/t12-/m1/s1. The lowest BCUT2D eigenvalue weighted by Gasteiger charge is -2.11. The molecule has 0 amide bonds. The largest absolute Gasteiger partial charge is 0.494 e. The molecule has 1 N–H and O–H groups in total. The second-order valence-corrected chi connectivity index (χ2v) is 3.80. The van der Waals surface area contributed by atoms with Crippen molar-refractivity contribution in [1.29, 1.82) is 0 Å². The van der Waals surface area contributed by atoms with Gasteiger partial charge in [-0.2, -0.15) is 0 Å². The molecule has 1 aromatic heterocycles. The fourth-order valence-electron chi connectivity index (χ4n) is 1.70. The molecule has 90 valence electrons. The number of aliphatic hydroxyl groups excluding tert-OH is 1. The summed E-state index contributed by atoms with van der Waals surface area (Å²) in [5, 5.41) is 10.2. The number of ether oxygens (including phenoxy) is 1. The average molecular weight is 232 g/mol. The molecule has 1 atom stereocenters. The van der Waals surface area contributed by atoms with Gasteiger partial charge in [0.15, 0.2) is 0 Å². The molecule has 0 saturated carbocycles. The number of hydrogen-bond acceptors (Lipinski definition) is 3. The van der Waals surface area contributed by atoms with Gasteiger partial charge in [0.05, 0.1) is 6.61 Å². The average Bonchev–Trinajstić information content (AvgIpc) is 2.76. The lowest BCUT2D eigenvalue weighted by atomic mass is 10.1. The zero-order valence-corrected chi connectivity index (χ0v) is 10.00. The molecule has 4 nitrogen and oxygen atoms in total. The van der Waals surface area contributed by atoms with E-state index >= 15 is 0 Å². The molecule has 0 aliphatic carbocycles. The summed E-state index contributed by atoms with van der Waals surface area (Å²) in [6.07, 6.45) is 2.78. The van der Waals surface area contributed by atoms with Crippen molar-refractivity contribution in [2.45, 2.75) is 13.0 Å². The van der Waals surface area contributed by atoms with Crippen LogP contribution in [0.3, 0.4) is 0 Å². The third-order valence-electron chi connectivity index (χ3n) is 2.61. The molecule has 0 bridgehead atoms. The van der Waals surface area contributed by atoms with Gasteiger partial charge in [-0.3, -0.25) is 0 Å². The number of hydrogen-bond donors (Lipinski definition) is 1. The highest BCUT2D eigenvalue weighted by Gasteiger charge is 2.14. The first-order valence-electron chi connectivity index (χ1n) is 5.60. The molecular weight excluding hydrogens is 216 g/mol. The van der Waals surface area contributed by atoms with E-state index in [1.54, 1.807) is 10.8 Å². The van der Waals surface area contributed by atoms with E-state index in [1.807, 2.05) is 44.4 Å². The van der Waals surface area contributed by atoms with Crippen LogP contribution in [0.15, 0.2) is 36.7 Å². The van der Waals surface area contributed by atoms with E-state index in [1.165, 1.54) is 0 Å². The van der Waals surface area contributed by atoms with Crippen LogP contribution in [0.2, 0.25) is 0 Å². The SMILES string of the molecule is CCOc1ccc([C@@H](O)c2nccn2C)cc1. The number of imidazole rings is 1. The van der Waals surface area contributed by atoms with Crippen LogP contribution in [0, 0.1) is 0 Å². The maximum Gasteiger partial charge on any atom is 0.142 e. The van der Waals surface area contributed by atoms with Crippen LogP contribution >= 0.6 is 0 Å². The summed E-state index contributed by atoms with van der Waals surface area (Å²) >= 11 is 0. The summed E-state index contributed by atoms with van der Waals surface area (Å²) in [5.74, 6) is 1.44. The van der Waals surface area contributed by atoms with E-state index in [0.717, 1.165) is 11.3 Å². The Bertz CT molecular complexity index is 476. The van der Waals surface area contributed by atoms with E-state index in [-0.39, 0.29) is 0 Å². The van der Waals surface area contributed by atoms with Crippen LogP contribution in [-0.2, 0) is 7.05 Å². The van der Waals surface area contributed by atoms with Gasteiger partial charge >= 0.3 is 0 Å². The first-order valence-corrected chi connectivity index (χ1v) is 5.60. The Hall–Kier alpha value is -1.81. The zero-order chi connectivity index (χ0) is 12.3. The Morgan fingerprint density at radius 1 is 1.35 bits per heavy atom. The lowest BCUT2D eigenvalue weighted by Crippen LogP contribution is -2.06. The smallest absolute Gasteiger partial charge is 0.142 e. The van der Waals surface area contributed by atoms with Crippen molar-refractivity contribution in [3.05, 3.63) is 48.0 Å². The minimum absolute atomic E-state index is 0.633. The molecule has 4 heteroatoms. The number of benzene rings is 1. The van der Waals surface area contributed by atoms with E-state index in [0.29, 0.717) is 12.4 Å². The minimum atomic E-state index is -0.703. The van der Waals surface area contributed by atoms with E-state index in [9.17, 15) is 5.11 Å². The highest BCUT2D eigenvalue weighted by molar-refractivity contribution is 5.30. The minimum Gasteiger partial charge on any atom is -0.494 e. The second kappa shape index (κ2) is 5.01.